The van der Waals surface area contributed by atoms with E-state index in [0.717, 1.165) is 17.5 Å². The van der Waals surface area contributed by atoms with Crippen molar-refractivity contribution in [1.82, 2.24) is 5.32 Å². The highest BCUT2D eigenvalue weighted by molar-refractivity contribution is 5.85. The van der Waals surface area contributed by atoms with Gasteiger partial charge in [0.05, 0.1) is 19.8 Å². The Morgan fingerprint density at radius 1 is 1.17 bits per heavy atom. The van der Waals surface area contributed by atoms with E-state index in [-0.39, 0.29) is 24.5 Å². The van der Waals surface area contributed by atoms with E-state index in [4.69, 9.17) is 14.2 Å². The van der Waals surface area contributed by atoms with Crippen LogP contribution in [0, 0.1) is 0 Å². The molecule has 1 aliphatic heterocycles. The van der Waals surface area contributed by atoms with Gasteiger partial charge in [-0.2, -0.15) is 0 Å². The Hall–Kier alpha value is -2.40. The molecule has 24 heavy (non-hydrogen) atoms. The maximum atomic E-state index is 11.4. The highest BCUT2D eigenvalue weighted by Crippen LogP contribution is 2.32. The number of nitrogens with one attached hydrogen (secondary N) is 1. The Morgan fingerprint density at radius 3 is 2.67 bits per heavy atom. The Balaban J connectivity index is 0.00000208. The number of amides is 1. The number of carbonyl (C=O) groups is 1. The number of methoxy groups -OCH3 is 1. The summed E-state index contributed by atoms with van der Waals surface area (Å²) < 4.78 is 16.2. The normalized spacial score (nSPS) is 16.4. The van der Waals surface area contributed by atoms with Crippen LogP contribution in [-0.2, 0) is 11.3 Å². The van der Waals surface area contributed by atoms with Crippen LogP contribution < -0.4 is 14.8 Å². The summed E-state index contributed by atoms with van der Waals surface area (Å²) in [5.74, 6) is 1.33. The minimum Gasteiger partial charge on any atom is -0.493 e. The largest absolute Gasteiger partial charge is 0.493 e. The van der Waals surface area contributed by atoms with Gasteiger partial charge in [0.25, 0.3) is 0 Å². The monoisotopic (exact) mass is 349 g/mol. The van der Waals surface area contributed by atoms with E-state index in [1.54, 1.807) is 7.11 Å². The molecule has 5 nitrogen and oxygen atoms in total. The van der Waals surface area contributed by atoms with Crippen LogP contribution in [0.15, 0.2) is 48.5 Å². The summed E-state index contributed by atoms with van der Waals surface area (Å²) in [6.45, 7) is 0.878. The lowest BCUT2D eigenvalue weighted by Gasteiger charge is -2.24. The lowest BCUT2D eigenvalue weighted by atomic mass is 10.0. The lowest BCUT2D eigenvalue weighted by molar-refractivity contribution is 0.115. The summed E-state index contributed by atoms with van der Waals surface area (Å²) >= 11 is 0. The van der Waals surface area contributed by atoms with Crippen LogP contribution in [0.3, 0.4) is 0 Å². The molecule has 1 amide bonds. The zero-order valence-electron chi connectivity index (χ0n) is 13.4. The number of ether oxygens (including phenoxy) is 3. The smallest absolute Gasteiger partial charge is 0.407 e. The molecule has 0 bridgehead atoms. The summed E-state index contributed by atoms with van der Waals surface area (Å²) in [5, 5.41) is 2.81. The average molecular weight is 350 g/mol. The standard InChI is InChI=1S/C18H19NO4.ClH/c1-21-16-8-7-14(15-9-10-22-18(20)19-15)11-17(16)23-12-13-5-3-2-4-6-13;/h2-8,11,15H,9-10,12H2,1H3,(H,19,20);1H/t15-;/m0./s1. The van der Waals surface area contributed by atoms with Gasteiger partial charge >= 0.3 is 6.09 Å². The summed E-state index contributed by atoms with van der Waals surface area (Å²) in [5.41, 5.74) is 2.06. The Bertz CT molecular complexity index is 678. The number of rotatable bonds is 5. The number of cyclic esters (lactones) is 1. The third kappa shape index (κ3) is 4.32. The van der Waals surface area contributed by atoms with Crippen molar-refractivity contribution in [3.63, 3.8) is 0 Å². The van der Waals surface area contributed by atoms with Crippen LogP contribution in [-0.4, -0.2) is 19.8 Å². The van der Waals surface area contributed by atoms with E-state index < -0.39 is 0 Å². The van der Waals surface area contributed by atoms with Crippen molar-refractivity contribution in [2.75, 3.05) is 13.7 Å². The van der Waals surface area contributed by atoms with Crippen LogP contribution in [0.1, 0.15) is 23.6 Å². The summed E-state index contributed by atoms with van der Waals surface area (Å²) in [6.07, 6.45) is 0.347. The highest BCUT2D eigenvalue weighted by Gasteiger charge is 2.22. The number of benzene rings is 2. The van der Waals surface area contributed by atoms with Crippen LogP contribution in [0.4, 0.5) is 4.79 Å². The van der Waals surface area contributed by atoms with Crippen molar-refractivity contribution in [2.24, 2.45) is 0 Å². The van der Waals surface area contributed by atoms with Crippen molar-refractivity contribution in [3.05, 3.63) is 59.7 Å². The van der Waals surface area contributed by atoms with E-state index in [0.29, 0.717) is 24.7 Å². The number of alkyl carbamates (subject to hydrolysis) is 1. The molecular formula is C18H20ClNO4. The van der Waals surface area contributed by atoms with Gasteiger partial charge in [-0.05, 0) is 23.3 Å². The molecule has 1 heterocycles. The van der Waals surface area contributed by atoms with Crippen molar-refractivity contribution < 1.29 is 19.0 Å². The fraction of sp³-hybridized carbons (Fsp3) is 0.278. The molecule has 1 saturated heterocycles. The Morgan fingerprint density at radius 2 is 1.96 bits per heavy atom. The molecule has 0 unspecified atom stereocenters. The first kappa shape index (κ1) is 17.9. The average Bonchev–Trinajstić information content (AvgIpc) is 2.60. The molecule has 0 aromatic heterocycles. The Kier molecular flexibility index (Phi) is 6.32. The van der Waals surface area contributed by atoms with E-state index in [1.807, 2.05) is 48.5 Å². The van der Waals surface area contributed by atoms with E-state index in [1.165, 1.54) is 0 Å². The SMILES string of the molecule is COc1ccc([C@@H]2CCOC(=O)N2)cc1OCc1ccccc1.Cl. The van der Waals surface area contributed by atoms with Gasteiger partial charge in [-0.15, -0.1) is 12.4 Å². The van der Waals surface area contributed by atoms with Crippen LogP contribution >= 0.6 is 12.4 Å². The van der Waals surface area contributed by atoms with Gasteiger partial charge in [0, 0.05) is 6.42 Å². The second-order valence-corrected chi connectivity index (χ2v) is 5.31. The maximum Gasteiger partial charge on any atom is 0.407 e. The molecule has 128 valence electrons. The predicted molar refractivity (Wildman–Crippen MR) is 92.9 cm³/mol. The van der Waals surface area contributed by atoms with E-state index in [9.17, 15) is 4.79 Å². The minimum atomic E-state index is -0.385. The van der Waals surface area contributed by atoms with Gasteiger partial charge in [-0.3, -0.25) is 0 Å². The third-order valence-electron chi connectivity index (χ3n) is 3.76. The molecule has 0 spiro atoms. The molecule has 1 fully saturated rings. The highest BCUT2D eigenvalue weighted by atomic mass is 35.5. The van der Waals surface area contributed by atoms with Gasteiger partial charge < -0.3 is 19.5 Å². The summed E-state index contributed by atoms with van der Waals surface area (Å²) in [6, 6.07) is 15.6. The van der Waals surface area contributed by atoms with Crippen LogP contribution in [0.2, 0.25) is 0 Å². The molecule has 1 aliphatic rings. The van der Waals surface area contributed by atoms with Gasteiger partial charge in [0.2, 0.25) is 0 Å². The molecule has 1 N–H and O–H groups in total. The van der Waals surface area contributed by atoms with Gasteiger partial charge in [-0.25, -0.2) is 4.79 Å². The zero-order chi connectivity index (χ0) is 16.1. The lowest BCUT2D eigenvalue weighted by Crippen LogP contribution is -2.35. The van der Waals surface area contributed by atoms with Crippen molar-refractivity contribution in [2.45, 2.75) is 19.1 Å². The summed E-state index contributed by atoms with van der Waals surface area (Å²) in [4.78, 5) is 11.4. The van der Waals surface area contributed by atoms with Gasteiger partial charge in [-0.1, -0.05) is 36.4 Å². The third-order valence-corrected chi connectivity index (χ3v) is 3.76. The number of hydrogen-bond acceptors (Lipinski definition) is 4. The van der Waals surface area contributed by atoms with Crippen LogP contribution in [0.5, 0.6) is 11.5 Å². The van der Waals surface area contributed by atoms with Crippen LogP contribution in [0.25, 0.3) is 0 Å². The van der Waals surface area contributed by atoms with E-state index in [2.05, 4.69) is 5.32 Å². The first-order valence-electron chi connectivity index (χ1n) is 7.54. The summed E-state index contributed by atoms with van der Waals surface area (Å²) in [7, 11) is 1.61. The first-order chi connectivity index (χ1) is 11.3. The molecular weight excluding hydrogens is 330 g/mol. The van der Waals surface area contributed by atoms with Gasteiger partial charge in [0.1, 0.15) is 6.61 Å². The number of halogens is 1. The quantitative estimate of drug-likeness (QED) is 0.890. The fourth-order valence-corrected chi connectivity index (χ4v) is 2.53. The van der Waals surface area contributed by atoms with Crippen molar-refractivity contribution >= 4 is 18.5 Å². The van der Waals surface area contributed by atoms with E-state index >= 15 is 0 Å². The van der Waals surface area contributed by atoms with Gasteiger partial charge in [0.15, 0.2) is 11.5 Å². The zero-order valence-corrected chi connectivity index (χ0v) is 14.2. The molecule has 2 aromatic carbocycles. The minimum absolute atomic E-state index is 0. The predicted octanol–water partition coefficient (Wildman–Crippen LogP) is 3.87. The second-order valence-electron chi connectivity index (χ2n) is 5.31. The first-order valence-corrected chi connectivity index (χ1v) is 7.54. The van der Waals surface area contributed by atoms with Crippen molar-refractivity contribution in [1.29, 1.82) is 0 Å². The molecule has 0 radical (unpaired) electrons. The molecule has 0 saturated carbocycles. The second kappa shape index (κ2) is 8.45. The maximum absolute atomic E-state index is 11.4. The Labute approximate surface area is 147 Å². The molecule has 3 rings (SSSR count). The molecule has 2 aromatic rings. The molecule has 6 heteroatoms. The van der Waals surface area contributed by atoms with Crippen molar-refractivity contribution in [3.8, 4) is 11.5 Å². The molecule has 0 aliphatic carbocycles. The number of carbonyl (C=O) groups excluding carboxylic acids is 1. The topological polar surface area (TPSA) is 56.8 Å². The number of hydrogen-bond donors (Lipinski definition) is 1. The fourth-order valence-electron chi connectivity index (χ4n) is 2.53. The molecule has 1 atom stereocenters.